The lowest BCUT2D eigenvalue weighted by Gasteiger charge is -2.33. The van der Waals surface area contributed by atoms with Crippen molar-refractivity contribution < 1.29 is 4.42 Å². The molecule has 5 nitrogen and oxygen atoms in total. The van der Waals surface area contributed by atoms with Gasteiger partial charge in [0.2, 0.25) is 5.89 Å². The van der Waals surface area contributed by atoms with Crippen LogP contribution in [0.3, 0.4) is 0 Å². The van der Waals surface area contributed by atoms with Crippen LogP contribution in [-0.4, -0.2) is 28.8 Å². The average Bonchev–Trinajstić information content (AvgIpc) is 2.93. The molecular formula is C16H30N4O. The molecule has 1 aromatic heterocycles. The normalized spacial score (nSPS) is 23.3. The van der Waals surface area contributed by atoms with Gasteiger partial charge in [0.15, 0.2) is 0 Å². The minimum absolute atomic E-state index is 0.0546. The first-order valence-corrected chi connectivity index (χ1v) is 8.19. The maximum Gasteiger partial charge on any atom is 0.318 e. The van der Waals surface area contributed by atoms with Gasteiger partial charge in [-0.2, -0.15) is 0 Å². The predicted molar refractivity (Wildman–Crippen MR) is 85.3 cm³/mol. The van der Waals surface area contributed by atoms with Crippen molar-refractivity contribution in [2.75, 3.05) is 11.9 Å². The van der Waals surface area contributed by atoms with Crippen LogP contribution in [0.5, 0.6) is 0 Å². The lowest BCUT2D eigenvalue weighted by molar-refractivity contribution is 0.305. The highest BCUT2D eigenvalue weighted by atomic mass is 16.4. The van der Waals surface area contributed by atoms with Crippen LogP contribution in [0.25, 0.3) is 0 Å². The Morgan fingerprint density at radius 1 is 1.19 bits per heavy atom. The Morgan fingerprint density at radius 2 is 1.86 bits per heavy atom. The van der Waals surface area contributed by atoms with Crippen molar-refractivity contribution in [3.05, 3.63) is 5.89 Å². The van der Waals surface area contributed by atoms with Gasteiger partial charge in [0.05, 0.1) is 6.54 Å². The quantitative estimate of drug-likeness (QED) is 0.902. The van der Waals surface area contributed by atoms with Crippen molar-refractivity contribution >= 4 is 6.01 Å². The number of hydrogen-bond donors (Lipinski definition) is 1. The first kappa shape index (κ1) is 16.3. The fraction of sp³-hybridized carbons (Fsp3) is 0.875. The average molecular weight is 294 g/mol. The first-order valence-electron chi connectivity index (χ1n) is 8.19. The molecule has 1 saturated carbocycles. The Kier molecular flexibility index (Phi) is 5.25. The highest BCUT2D eigenvalue weighted by Gasteiger charge is 2.26. The van der Waals surface area contributed by atoms with Crippen molar-refractivity contribution in [1.82, 2.24) is 15.5 Å². The molecule has 1 N–H and O–H groups in total. The van der Waals surface area contributed by atoms with Crippen LogP contribution >= 0.6 is 0 Å². The molecular weight excluding hydrogens is 264 g/mol. The summed E-state index contributed by atoms with van der Waals surface area (Å²) in [6, 6.07) is 1.19. The topological polar surface area (TPSA) is 54.2 Å². The summed E-state index contributed by atoms with van der Waals surface area (Å²) >= 11 is 0. The number of rotatable bonds is 5. The summed E-state index contributed by atoms with van der Waals surface area (Å²) in [5.41, 5.74) is 0.0546. The summed E-state index contributed by atoms with van der Waals surface area (Å²) < 4.78 is 5.79. The van der Waals surface area contributed by atoms with Gasteiger partial charge in [-0.3, -0.25) is 0 Å². The second kappa shape index (κ2) is 6.77. The Labute approximate surface area is 128 Å². The van der Waals surface area contributed by atoms with E-state index in [0.29, 0.717) is 24.5 Å². The molecule has 0 atom stereocenters. The monoisotopic (exact) mass is 294 g/mol. The molecule has 1 aliphatic carbocycles. The molecule has 21 heavy (non-hydrogen) atoms. The molecule has 0 radical (unpaired) electrons. The van der Waals surface area contributed by atoms with E-state index < -0.39 is 0 Å². The third kappa shape index (κ3) is 4.70. The van der Waals surface area contributed by atoms with Crippen LogP contribution in [0.15, 0.2) is 4.42 Å². The van der Waals surface area contributed by atoms with Gasteiger partial charge in [0.25, 0.3) is 0 Å². The van der Waals surface area contributed by atoms with E-state index in [2.05, 4.69) is 55.2 Å². The van der Waals surface area contributed by atoms with Gasteiger partial charge in [-0.25, -0.2) is 0 Å². The van der Waals surface area contributed by atoms with Crippen LogP contribution < -0.4 is 10.2 Å². The highest BCUT2D eigenvalue weighted by Crippen LogP contribution is 2.30. The van der Waals surface area contributed by atoms with E-state index in [0.717, 1.165) is 5.92 Å². The molecule has 0 spiro atoms. The predicted octanol–water partition coefficient (Wildman–Crippen LogP) is 3.36. The maximum absolute atomic E-state index is 5.79. The SMILES string of the molecule is CCC1CCC(N(C)c2nnc(CNC(C)(C)C)o2)CC1. The zero-order chi connectivity index (χ0) is 15.5. The summed E-state index contributed by atoms with van der Waals surface area (Å²) in [6.07, 6.45) is 6.40. The van der Waals surface area contributed by atoms with E-state index in [1.54, 1.807) is 0 Å². The smallest absolute Gasteiger partial charge is 0.318 e. The molecule has 0 unspecified atom stereocenters. The zero-order valence-electron chi connectivity index (χ0n) is 14.1. The van der Waals surface area contributed by atoms with Gasteiger partial charge in [0, 0.05) is 18.6 Å². The zero-order valence-corrected chi connectivity index (χ0v) is 14.1. The molecule has 0 aromatic carbocycles. The van der Waals surface area contributed by atoms with Gasteiger partial charge in [-0.1, -0.05) is 18.4 Å². The molecule has 5 heteroatoms. The van der Waals surface area contributed by atoms with E-state index in [1.165, 1.54) is 32.1 Å². The summed E-state index contributed by atoms with van der Waals surface area (Å²) in [5, 5.41) is 11.7. The molecule has 2 rings (SSSR count). The molecule has 0 aliphatic heterocycles. The molecule has 0 amide bonds. The summed E-state index contributed by atoms with van der Waals surface area (Å²) in [6.45, 7) is 9.29. The van der Waals surface area contributed by atoms with Crippen LogP contribution in [0, 0.1) is 5.92 Å². The summed E-state index contributed by atoms with van der Waals surface area (Å²) in [5.74, 6) is 1.57. The van der Waals surface area contributed by atoms with Crippen LogP contribution in [0.1, 0.15) is 65.7 Å². The Hall–Kier alpha value is -1.10. The summed E-state index contributed by atoms with van der Waals surface area (Å²) in [7, 11) is 2.07. The van der Waals surface area contributed by atoms with Crippen LogP contribution in [-0.2, 0) is 6.54 Å². The lowest BCUT2D eigenvalue weighted by Crippen LogP contribution is -2.35. The fourth-order valence-electron chi connectivity index (χ4n) is 2.90. The van der Waals surface area contributed by atoms with E-state index in [9.17, 15) is 0 Å². The van der Waals surface area contributed by atoms with Crippen molar-refractivity contribution in [2.45, 2.75) is 77.9 Å². The van der Waals surface area contributed by atoms with E-state index in [-0.39, 0.29) is 5.54 Å². The molecule has 1 aliphatic rings. The largest absolute Gasteiger partial charge is 0.407 e. The first-order chi connectivity index (χ1) is 9.89. The Balaban J connectivity index is 1.88. The van der Waals surface area contributed by atoms with Crippen molar-refractivity contribution in [3.8, 4) is 0 Å². The van der Waals surface area contributed by atoms with E-state index >= 15 is 0 Å². The third-order valence-electron chi connectivity index (χ3n) is 4.47. The second-order valence-corrected chi connectivity index (χ2v) is 7.28. The standard InChI is InChI=1S/C16H30N4O/c1-6-12-7-9-13(10-8-12)20(5)15-19-18-14(21-15)11-17-16(2,3)4/h12-13,17H,6-11H2,1-5H3. The number of hydrogen-bond acceptors (Lipinski definition) is 5. The lowest BCUT2D eigenvalue weighted by atomic mass is 9.84. The number of nitrogens with one attached hydrogen (secondary N) is 1. The molecule has 1 aromatic rings. The van der Waals surface area contributed by atoms with Gasteiger partial charge in [-0.05, 0) is 52.4 Å². The molecule has 120 valence electrons. The van der Waals surface area contributed by atoms with E-state index in [1.807, 2.05) is 0 Å². The highest BCUT2D eigenvalue weighted by molar-refractivity contribution is 5.24. The second-order valence-electron chi connectivity index (χ2n) is 7.28. The minimum atomic E-state index is 0.0546. The molecule has 0 bridgehead atoms. The fourth-order valence-corrected chi connectivity index (χ4v) is 2.90. The van der Waals surface area contributed by atoms with Crippen LogP contribution in [0.4, 0.5) is 6.01 Å². The van der Waals surface area contributed by atoms with Gasteiger partial charge >= 0.3 is 6.01 Å². The van der Waals surface area contributed by atoms with Crippen LogP contribution in [0.2, 0.25) is 0 Å². The van der Waals surface area contributed by atoms with Gasteiger partial charge in [-0.15, -0.1) is 5.10 Å². The van der Waals surface area contributed by atoms with E-state index in [4.69, 9.17) is 4.42 Å². The molecule has 1 fully saturated rings. The van der Waals surface area contributed by atoms with Crippen molar-refractivity contribution in [1.29, 1.82) is 0 Å². The Morgan fingerprint density at radius 3 is 2.43 bits per heavy atom. The third-order valence-corrected chi connectivity index (χ3v) is 4.47. The maximum atomic E-state index is 5.79. The van der Waals surface area contributed by atoms with Crippen molar-refractivity contribution in [3.63, 3.8) is 0 Å². The minimum Gasteiger partial charge on any atom is -0.407 e. The summed E-state index contributed by atoms with van der Waals surface area (Å²) in [4.78, 5) is 2.17. The molecule has 0 saturated heterocycles. The van der Waals surface area contributed by atoms with Gasteiger partial charge < -0.3 is 14.6 Å². The Bertz CT molecular complexity index is 430. The number of aromatic nitrogens is 2. The number of nitrogens with zero attached hydrogens (tertiary/aromatic N) is 3. The molecule has 1 heterocycles. The van der Waals surface area contributed by atoms with Crippen molar-refractivity contribution in [2.24, 2.45) is 5.92 Å². The number of anilines is 1. The van der Waals surface area contributed by atoms with Gasteiger partial charge in [0.1, 0.15) is 0 Å².